The first-order chi connectivity index (χ1) is 6.69. The topological polar surface area (TPSA) is 65.2 Å². The van der Waals surface area contributed by atoms with E-state index >= 15 is 0 Å². The molecule has 0 saturated carbocycles. The van der Waals surface area contributed by atoms with Gasteiger partial charge in [-0.2, -0.15) is 0 Å². The lowest BCUT2D eigenvalue weighted by atomic mass is 10.1. The lowest BCUT2D eigenvalue weighted by molar-refractivity contribution is 0.320. The van der Waals surface area contributed by atoms with E-state index in [2.05, 4.69) is 10.3 Å². The van der Waals surface area contributed by atoms with Crippen molar-refractivity contribution in [3.63, 3.8) is 0 Å². The molecule has 0 aliphatic carbocycles. The first-order valence-corrected chi connectivity index (χ1v) is 4.30. The number of oxime groups is 2. The molecule has 0 atom stereocenters. The van der Waals surface area contributed by atoms with E-state index in [-0.39, 0.29) is 10.3 Å². The Balaban J connectivity index is 3.01. The number of nitrogens with zero attached hydrogens (tertiary/aromatic N) is 2. The number of halogens is 2. The van der Waals surface area contributed by atoms with E-state index in [4.69, 9.17) is 33.6 Å². The van der Waals surface area contributed by atoms with E-state index in [9.17, 15) is 0 Å². The predicted molar refractivity (Wildman–Crippen MR) is 54.8 cm³/mol. The molecule has 0 spiro atoms. The zero-order valence-electron chi connectivity index (χ0n) is 6.85. The monoisotopic (exact) mass is 232 g/mol. The summed E-state index contributed by atoms with van der Waals surface area (Å²) in [5, 5.41) is 22.4. The molecule has 0 heterocycles. The SMILES string of the molecule is O/N=C(/Cl)c1ccc(/C(Cl)=N\O)cc1. The Kier molecular flexibility index (Phi) is 3.73. The lowest BCUT2D eigenvalue weighted by Gasteiger charge is -1.98. The Morgan fingerprint density at radius 2 is 1.14 bits per heavy atom. The van der Waals surface area contributed by atoms with Crippen LogP contribution in [0.5, 0.6) is 0 Å². The Morgan fingerprint density at radius 3 is 1.36 bits per heavy atom. The minimum atomic E-state index is -0.0198. The van der Waals surface area contributed by atoms with Crippen molar-refractivity contribution >= 4 is 33.5 Å². The second-order valence-corrected chi connectivity index (χ2v) is 3.07. The lowest BCUT2D eigenvalue weighted by Crippen LogP contribution is -1.94. The van der Waals surface area contributed by atoms with Crippen molar-refractivity contribution < 1.29 is 10.4 Å². The van der Waals surface area contributed by atoms with Gasteiger partial charge in [0.1, 0.15) is 0 Å². The second-order valence-electron chi connectivity index (χ2n) is 2.36. The summed E-state index contributed by atoms with van der Waals surface area (Å²) in [6, 6.07) is 6.35. The van der Waals surface area contributed by atoms with Crippen LogP contribution < -0.4 is 0 Å². The molecule has 4 nitrogen and oxygen atoms in total. The van der Waals surface area contributed by atoms with Gasteiger partial charge in [-0.1, -0.05) is 57.8 Å². The third kappa shape index (κ3) is 2.37. The quantitative estimate of drug-likeness (QED) is 0.468. The number of hydrogen-bond donors (Lipinski definition) is 2. The Bertz CT molecular complexity index is 336. The van der Waals surface area contributed by atoms with Crippen LogP contribution in [0.4, 0.5) is 0 Å². The molecule has 0 aliphatic heterocycles. The zero-order chi connectivity index (χ0) is 10.6. The van der Waals surface area contributed by atoms with Gasteiger partial charge in [0, 0.05) is 11.1 Å². The van der Waals surface area contributed by atoms with E-state index in [1.807, 2.05) is 0 Å². The van der Waals surface area contributed by atoms with Crippen LogP contribution in [0.3, 0.4) is 0 Å². The van der Waals surface area contributed by atoms with Gasteiger partial charge in [0.25, 0.3) is 0 Å². The van der Waals surface area contributed by atoms with Crippen LogP contribution in [-0.4, -0.2) is 20.8 Å². The van der Waals surface area contributed by atoms with E-state index in [1.54, 1.807) is 24.3 Å². The molecular formula is C8H6Cl2N2O2. The van der Waals surface area contributed by atoms with Gasteiger partial charge in [0.15, 0.2) is 10.3 Å². The van der Waals surface area contributed by atoms with Gasteiger partial charge in [-0.25, -0.2) is 0 Å². The van der Waals surface area contributed by atoms with Crippen molar-refractivity contribution in [1.29, 1.82) is 0 Å². The summed E-state index contributed by atoms with van der Waals surface area (Å²) in [7, 11) is 0. The molecule has 0 bridgehead atoms. The van der Waals surface area contributed by atoms with Crippen molar-refractivity contribution in [3.8, 4) is 0 Å². The highest BCUT2D eigenvalue weighted by molar-refractivity contribution is 6.70. The summed E-state index contributed by atoms with van der Waals surface area (Å²) in [5.41, 5.74) is 1.08. The number of benzene rings is 1. The average molecular weight is 233 g/mol. The van der Waals surface area contributed by atoms with Crippen molar-refractivity contribution in [1.82, 2.24) is 0 Å². The fraction of sp³-hybridized carbons (Fsp3) is 0. The molecule has 14 heavy (non-hydrogen) atoms. The summed E-state index contributed by atoms with van der Waals surface area (Å²) in [6.07, 6.45) is 0. The van der Waals surface area contributed by atoms with E-state index < -0.39 is 0 Å². The van der Waals surface area contributed by atoms with Crippen molar-refractivity contribution in [3.05, 3.63) is 35.4 Å². The van der Waals surface area contributed by atoms with Crippen LogP contribution in [0.1, 0.15) is 11.1 Å². The van der Waals surface area contributed by atoms with Crippen LogP contribution in [0.2, 0.25) is 0 Å². The van der Waals surface area contributed by atoms with Crippen LogP contribution in [0.15, 0.2) is 34.6 Å². The van der Waals surface area contributed by atoms with Gasteiger partial charge in [-0.05, 0) is 0 Å². The van der Waals surface area contributed by atoms with Gasteiger partial charge in [0.05, 0.1) is 0 Å². The first kappa shape index (κ1) is 10.8. The first-order valence-electron chi connectivity index (χ1n) is 3.55. The molecular weight excluding hydrogens is 227 g/mol. The second kappa shape index (κ2) is 4.83. The smallest absolute Gasteiger partial charge is 0.175 e. The molecule has 1 aromatic carbocycles. The van der Waals surface area contributed by atoms with E-state index in [0.29, 0.717) is 11.1 Å². The summed E-state index contributed by atoms with van der Waals surface area (Å²) in [4.78, 5) is 0. The molecule has 0 radical (unpaired) electrons. The summed E-state index contributed by atoms with van der Waals surface area (Å²) in [5.74, 6) is 0. The minimum absolute atomic E-state index is 0.0198. The van der Waals surface area contributed by atoms with Gasteiger partial charge < -0.3 is 10.4 Å². The standard InChI is InChI=1S/C8H6Cl2N2O2/c9-7(11-13)5-1-2-6(4-3-5)8(10)12-14/h1-4,13-14H/b11-7+,12-8+. The molecule has 0 unspecified atom stereocenters. The van der Waals surface area contributed by atoms with Crippen molar-refractivity contribution in [2.24, 2.45) is 10.3 Å². The molecule has 1 aromatic rings. The number of rotatable bonds is 2. The Hall–Kier alpha value is -1.26. The fourth-order valence-corrected chi connectivity index (χ4v) is 1.11. The number of hydrogen-bond acceptors (Lipinski definition) is 4. The molecule has 1 rings (SSSR count). The van der Waals surface area contributed by atoms with Crippen molar-refractivity contribution in [2.45, 2.75) is 0 Å². The minimum Gasteiger partial charge on any atom is -0.410 e. The maximum Gasteiger partial charge on any atom is 0.175 e. The predicted octanol–water partition coefficient (Wildman–Crippen LogP) is 2.44. The average Bonchev–Trinajstić information content (AvgIpc) is 2.27. The highest BCUT2D eigenvalue weighted by atomic mass is 35.5. The highest BCUT2D eigenvalue weighted by Crippen LogP contribution is 2.10. The highest BCUT2D eigenvalue weighted by Gasteiger charge is 2.03. The Morgan fingerprint density at radius 1 is 0.857 bits per heavy atom. The zero-order valence-corrected chi connectivity index (χ0v) is 8.37. The Labute approximate surface area is 90.1 Å². The van der Waals surface area contributed by atoms with Gasteiger partial charge in [0.2, 0.25) is 0 Å². The van der Waals surface area contributed by atoms with Crippen LogP contribution in [0, 0.1) is 0 Å². The molecule has 0 amide bonds. The normalized spacial score (nSPS) is 13.0. The largest absolute Gasteiger partial charge is 0.410 e. The molecule has 0 aliphatic rings. The third-order valence-corrected chi connectivity index (χ3v) is 2.12. The van der Waals surface area contributed by atoms with Crippen LogP contribution in [-0.2, 0) is 0 Å². The van der Waals surface area contributed by atoms with Gasteiger partial charge in [-0.15, -0.1) is 0 Å². The van der Waals surface area contributed by atoms with Crippen LogP contribution >= 0.6 is 23.2 Å². The van der Waals surface area contributed by atoms with E-state index in [0.717, 1.165) is 0 Å². The van der Waals surface area contributed by atoms with Crippen molar-refractivity contribution in [2.75, 3.05) is 0 Å². The molecule has 0 aromatic heterocycles. The van der Waals surface area contributed by atoms with E-state index in [1.165, 1.54) is 0 Å². The molecule has 0 fully saturated rings. The molecule has 0 saturated heterocycles. The fourth-order valence-electron chi connectivity index (χ4n) is 0.861. The maximum atomic E-state index is 8.38. The van der Waals surface area contributed by atoms with Crippen LogP contribution in [0.25, 0.3) is 0 Å². The maximum absolute atomic E-state index is 8.38. The van der Waals surface area contributed by atoms with Gasteiger partial charge >= 0.3 is 0 Å². The summed E-state index contributed by atoms with van der Waals surface area (Å²) < 4.78 is 0. The third-order valence-electron chi connectivity index (χ3n) is 1.54. The van der Waals surface area contributed by atoms with Gasteiger partial charge in [-0.3, -0.25) is 0 Å². The molecule has 2 N–H and O–H groups in total. The molecule has 74 valence electrons. The summed E-state index contributed by atoms with van der Waals surface area (Å²) in [6.45, 7) is 0. The molecule has 6 heteroatoms. The summed E-state index contributed by atoms with van der Waals surface area (Å²) >= 11 is 11.1.